The van der Waals surface area contributed by atoms with Crippen LogP contribution in [-0.2, 0) is 9.59 Å². The van der Waals surface area contributed by atoms with Crippen molar-refractivity contribution < 1.29 is 14.7 Å². The van der Waals surface area contributed by atoms with Crippen LogP contribution in [-0.4, -0.2) is 35.0 Å². The molecule has 0 fully saturated rings. The summed E-state index contributed by atoms with van der Waals surface area (Å²) in [4.78, 5) is 23.7. The Hall–Kier alpha value is -1.88. The second-order valence-electron chi connectivity index (χ2n) is 3.79. The summed E-state index contributed by atoms with van der Waals surface area (Å²) in [5.41, 5.74) is 0.858. The van der Waals surface area contributed by atoms with E-state index in [0.717, 1.165) is 10.0 Å². The molecule has 0 saturated heterocycles. The van der Waals surface area contributed by atoms with Gasteiger partial charge in [-0.2, -0.15) is 0 Å². The van der Waals surface area contributed by atoms with E-state index in [9.17, 15) is 9.59 Å². The minimum Gasteiger partial charge on any atom is -0.480 e. The van der Waals surface area contributed by atoms with Gasteiger partial charge in [-0.1, -0.05) is 34.1 Å². The minimum absolute atomic E-state index is 0.202. The van der Waals surface area contributed by atoms with E-state index in [1.54, 1.807) is 6.08 Å². The van der Waals surface area contributed by atoms with Gasteiger partial charge in [-0.15, -0.1) is 6.58 Å². The number of nitrogens with zero attached hydrogens (tertiary/aromatic N) is 1. The molecule has 0 aliphatic rings. The summed E-state index contributed by atoms with van der Waals surface area (Å²) in [5, 5.41) is 8.72. The van der Waals surface area contributed by atoms with Gasteiger partial charge in [0.15, 0.2) is 0 Å². The molecule has 4 nitrogen and oxygen atoms in total. The average molecular weight is 324 g/mol. The molecule has 1 N–H and O–H groups in total. The molecule has 0 spiro atoms. The molecule has 100 valence electrons. The third-order valence-corrected chi connectivity index (χ3v) is 2.75. The zero-order valence-corrected chi connectivity index (χ0v) is 11.8. The first-order valence-electron chi connectivity index (χ1n) is 5.58. The van der Waals surface area contributed by atoms with Crippen LogP contribution >= 0.6 is 15.9 Å². The molecule has 19 heavy (non-hydrogen) atoms. The molecule has 0 saturated carbocycles. The molecule has 0 heterocycles. The Balaban J connectivity index is 2.75. The molecule has 0 aromatic heterocycles. The van der Waals surface area contributed by atoms with E-state index in [1.807, 2.05) is 24.3 Å². The summed E-state index contributed by atoms with van der Waals surface area (Å²) >= 11 is 3.34. The number of benzene rings is 1. The highest BCUT2D eigenvalue weighted by atomic mass is 79.9. The van der Waals surface area contributed by atoms with Gasteiger partial charge in [-0.05, 0) is 23.8 Å². The topological polar surface area (TPSA) is 57.6 Å². The monoisotopic (exact) mass is 323 g/mol. The van der Waals surface area contributed by atoms with Crippen molar-refractivity contribution in [3.63, 3.8) is 0 Å². The number of carbonyl (C=O) groups excluding carboxylic acids is 1. The Kier molecular flexibility index (Phi) is 6.02. The fourth-order valence-electron chi connectivity index (χ4n) is 1.43. The van der Waals surface area contributed by atoms with Crippen molar-refractivity contribution in [1.29, 1.82) is 0 Å². The summed E-state index contributed by atoms with van der Waals surface area (Å²) < 4.78 is 0.913. The number of hydrogen-bond acceptors (Lipinski definition) is 2. The van der Waals surface area contributed by atoms with Crippen LogP contribution < -0.4 is 0 Å². The molecule has 0 unspecified atom stereocenters. The van der Waals surface area contributed by atoms with Gasteiger partial charge in [0, 0.05) is 17.1 Å². The number of hydrogen-bond donors (Lipinski definition) is 1. The van der Waals surface area contributed by atoms with Gasteiger partial charge in [-0.3, -0.25) is 9.59 Å². The van der Waals surface area contributed by atoms with E-state index >= 15 is 0 Å². The Morgan fingerprint density at radius 2 is 2.16 bits per heavy atom. The van der Waals surface area contributed by atoms with Crippen LogP contribution in [0.5, 0.6) is 0 Å². The van der Waals surface area contributed by atoms with Crippen molar-refractivity contribution in [3.8, 4) is 0 Å². The molecule has 1 rings (SSSR count). The Bertz CT molecular complexity index is 511. The maximum atomic E-state index is 11.8. The van der Waals surface area contributed by atoms with Crippen molar-refractivity contribution in [2.24, 2.45) is 0 Å². The fourth-order valence-corrected chi connectivity index (χ4v) is 1.85. The molecule has 0 radical (unpaired) electrons. The van der Waals surface area contributed by atoms with Crippen LogP contribution in [0.25, 0.3) is 6.08 Å². The quantitative estimate of drug-likeness (QED) is 0.646. The molecule has 0 aliphatic heterocycles. The number of halogens is 1. The number of carboxylic acid groups (broad SMARTS) is 1. The van der Waals surface area contributed by atoms with Gasteiger partial charge in [0.05, 0.1) is 0 Å². The number of carboxylic acids is 1. The first-order valence-corrected chi connectivity index (χ1v) is 6.37. The van der Waals surface area contributed by atoms with E-state index in [2.05, 4.69) is 22.5 Å². The van der Waals surface area contributed by atoms with Crippen LogP contribution in [0.1, 0.15) is 5.56 Å². The Labute approximate surface area is 120 Å². The second kappa shape index (κ2) is 7.53. The van der Waals surface area contributed by atoms with Gasteiger partial charge in [0.1, 0.15) is 6.54 Å². The lowest BCUT2D eigenvalue weighted by molar-refractivity contribution is -0.142. The summed E-state index contributed by atoms with van der Waals surface area (Å²) in [6, 6.07) is 7.45. The lowest BCUT2D eigenvalue weighted by Gasteiger charge is -2.16. The lowest BCUT2D eigenvalue weighted by atomic mass is 10.2. The minimum atomic E-state index is -1.05. The predicted molar refractivity (Wildman–Crippen MR) is 77.6 cm³/mol. The Morgan fingerprint density at radius 3 is 2.74 bits per heavy atom. The lowest BCUT2D eigenvalue weighted by Crippen LogP contribution is -2.34. The second-order valence-corrected chi connectivity index (χ2v) is 4.71. The standard InChI is InChI=1S/C14H14BrNO3/c1-2-8-16(10-14(18)19)13(17)7-6-11-4-3-5-12(15)9-11/h2-7,9H,1,8,10H2,(H,18,19). The van der Waals surface area contributed by atoms with Crippen LogP contribution in [0.3, 0.4) is 0 Å². The van der Waals surface area contributed by atoms with E-state index in [4.69, 9.17) is 5.11 Å². The van der Waals surface area contributed by atoms with Crippen LogP contribution in [0.15, 0.2) is 47.5 Å². The molecule has 0 atom stereocenters. The third kappa shape index (κ3) is 5.52. The first-order chi connectivity index (χ1) is 9.02. The Morgan fingerprint density at radius 1 is 1.42 bits per heavy atom. The van der Waals surface area contributed by atoms with Crippen LogP contribution in [0.4, 0.5) is 0 Å². The van der Waals surface area contributed by atoms with Crippen molar-refractivity contribution in [2.75, 3.05) is 13.1 Å². The maximum absolute atomic E-state index is 11.8. The molecule has 1 amide bonds. The van der Waals surface area contributed by atoms with Gasteiger partial charge >= 0.3 is 5.97 Å². The van der Waals surface area contributed by atoms with Crippen molar-refractivity contribution in [2.45, 2.75) is 0 Å². The molecule has 0 bridgehead atoms. The normalized spacial score (nSPS) is 10.4. The molecule has 1 aromatic carbocycles. The van der Waals surface area contributed by atoms with E-state index < -0.39 is 5.97 Å². The van der Waals surface area contributed by atoms with E-state index in [1.165, 1.54) is 17.1 Å². The molecule has 0 aliphatic carbocycles. The first kappa shape index (κ1) is 15.2. The molecule has 5 heteroatoms. The highest BCUT2D eigenvalue weighted by Gasteiger charge is 2.12. The average Bonchev–Trinajstić information content (AvgIpc) is 2.35. The summed E-state index contributed by atoms with van der Waals surface area (Å²) in [5.74, 6) is -1.41. The SMILES string of the molecule is C=CCN(CC(=O)O)C(=O)C=Cc1cccc(Br)c1. The van der Waals surface area contributed by atoms with Gasteiger partial charge in [-0.25, -0.2) is 0 Å². The van der Waals surface area contributed by atoms with Crippen molar-refractivity contribution >= 4 is 33.9 Å². The predicted octanol–water partition coefficient (Wildman–Crippen LogP) is 2.56. The number of aliphatic carboxylic acids is 1. The molecular formula is C14H14BrNO3. The van der Waals surface area contributed by atoms with Gasteiger partial charge < -0.3 is 10.0 Å². The van der Waals surface area contributed by atoms with Gasteiger partial charge in [0.2, 0.25) is 5.91 Å². The van der Waals surface area contributed by atoms with Crippen LogP contribution in [0.2, 0.25) is 0 Å². The van der Waals surface area contributed by atoms with E-state index in [0.29, 0.717) is 0 Å². The fraction of sp³-hybridized carbons (Fsp3) is 0.143. The summed E-state index contributed by atoms with van der Waals surface area (Å²) in [7, 11) is 0. The highest BCUT2D eigenvalue weighted by molar-refractivity contribution is 9.10. The molecular weight excluding hydrogens is 310 g/mol. The summed E-state index contributed by atoms with van der Waals surface area (Å²) in [6.45, 7) is 3.37. The highest BCUT2D eigenvalue weighted by Crippen LogP contribution is 2.12. The third-order valence-electron chi connectivity index (χ3n) is 2.25. The largest absolute Gasteiger partial charge is 0.480 e. The van der Waals surface area contributed by atoms with Crippen molar-refractivity contribution in [1.82, 2.24) is 4.90 Å². The smallest absolute Gasteiger partial charge is 0.323 e. The number of rotatable bonds is 6. The maximum Gasteiger partial charge on any atom is 0.323 e. The summed E-state index contributed by atoms with van der Waals surface area (Å²) in [6.07, 6.45) is 4.49. The van der Waals surface area contributed by atoms with Crippen LogP contribution in [0, 0.1) is 0 Å². The zero-order valence-electron chi connectivity index (χ0n) is 10.3. The van der Waals surface area contributed by atoms with E-state index in [-0.39, 0.29) is 19.0 Å². The zero-order chi connectivity index (χ0) is 14.3. The number of carbonyl (C=O) groups is 2. The van der Waals surface area contributed by atoms with Gasteiger partial charge in [0.25, 0.3) is 0 Å². The molecule has 1 aromatic rings. The van der Waals surface area contributed by atoms with Crippen molar-refractivity contribution in [3.05, 3.63) is 53.0 Å². The number of amides is 1.